The number of pyridine rings is 1. The van der Waals surface area contributed by atoms with E-state index in [1.807, 2.05) is 37.8 Å². The monoisotopic (exact) mass is 342 g/mol. The molecule has 3 heterocycles. The zero-order chi connectivity index (χ0) is 17.8. The molecule has 1 aliphatic rings. The van der Waals surface area contributed by atoms with Crippen LogP contribution in [0.2, 0.25) is 0 Å². The van der Waals surface area contributed by atoms with Gasteiger partial charge in [0.2, 0.25) is 0 Å². The molecule has 1 fully saturated rings. The fourth-order valence-electron chi connectivity index (χ4n) is 2.94. The van der Waals surface area contributed by atoms with E-state index in [2.05, 4.69) is 48.3 Å². The largest absolute Gasteiger partial charge is 0.353 e. The highest BCUT2D eigenvalue weighted by molar-refractivity contribution is 5.80. The molecular formula is C17H26N8. The summed E-state index contributed by atoms with van der Waals surface area (Å²) in [6.07, 6.45) is 1.88. The van der Waals surface area contributed by atoms with E-state index < -0.39 is 0 Å². The van der Waals surface area contributed by atoms with Crippen molar-refractivity contribution in [3.8, 4) is 0 Å². The standard InChI is InChI=1S/C17H26N8/c1-13-5-6-19-15(11-13)24-7-9-25(10-8-24)17(18-3)20-12-16-22-21-14(2)23(16)4/h5-6,11H,7-10,12H2,1-4H3,(H,18,20). The van der Waals surface area contributed by atoms with Crippen LogP contribution in [0, 0.1) is 13.8 Å². The third kappa shape index (κ3) is 3.89. The van der Waals surface area contributed by atoms with Gasteiger partial charge in [-0.15, -0.1) is 10.2 Å². The molecule has 0 radical (unpaired) electrons. The molecule has 2 aromatic rings. The topological polar surface area (TPSA) is 74.5 Å². The molecule has 0 aromatic carbocycles. The summed E-state index contributed by atoms with van der Waals surface area (Å²) in [5.74, 6) is 3.77. The fourth-order valence-corrected chi connectivity index (χ4v) is 2.94. The molecular weight excluding hydrogens is 316 g/mol. The van der Waals surface area contributed by atoms with Gasteiger partial charge < -0.3 is 19.7 Å². The lowest BCUT2D eigenvalue weighted by Gasteiger charge is -2.37. The van der Waals surface area contributed by atoms with Crippen LogP contribution in [0.3, 0.4) is 0 Å². The van der Waals surface area contributed by atoms with Crippen LogP contribution in [0.5, 0.6) is 0 Å². The molecule has 1 saturated heterocycles. The predicted molar refractivity (Wildman–Crippen MR) is 98.7 cm³/mol. The summed E-state index contributed by atoms with van der Waals surface area (Å²) in [5.41, 5.74) is 1.24. The average molecular weight is 342 g/mol. The van der Waals surface area contributed by atoms with Gasteiger partial charge >= 0.3 is 0 Å². The Morgan fingerprint density at radius 1 is 1.20 bits per heavy atom. The summed E-state index contributed by atoms with van der Waals surface area (Å²) < 4.78 is 1.99. The Bertz CT molecular complexity index is 743. The third-order valence-corrected chi connectivity index (χ3v) is 4.60. The Labute approximate surface area is 148 Å². The molecule has 0 bridgehead atoms. The highest BCUT2D eigenvalue weighted by atomic mass is 15.4. The molecule has 2 aromatic heterocycles. The fraction of sp³-hybridized carbons (Fsp3) is 0.529. The first-order chi connectivity index (χ1) is 12.1. The smallest absolute Gasteiger partial charge is 0.194 e. The third-order valence-electron chi connectivity index (χ3n) is 4.60. The lowest BCUT2D eigenvalue weighted by atomic mass is 10.2. The Morgan fingerprint density at radius 2 is 1.96 bits per heavy atom. The number of nitrogens with one attached hydrogen (secondary N) is 1. The Morgan fingerprint density at radius 3 is 2.56 bits per heavy atom. The zero-order valence-corrected chi connectivity index (χ0v) is 15.4. The van der Waals surface area contributed by atoms with Gasteiger partial charge in [-0.05, 0) is 31.5 Å². The summed E-state index contributed by atoms with van der Waals surface area (Å²) in [6, 6.07) is 4.17. The van der Waals surface area contributed by atoms with Crippen LogP contribution in [0.1, 0.15) is 17.2 Å². The van der Waals surface area contributed by atoms with Gasteiger partial charge in [0.1, 0.15) is 11.6 Å². The van der Waals surface area contributed by atoms with Crippen molar-refractivity contribution in [2.45, 2.75) is 20.4 Å². The van der Waals surface area contributed by atoms with Gasteiger partial charge in [-0.3, -0.25) is 4.99 Å². The normalized spacial score (nSPS) is 15.6. The van der Waals surface area contributed by atoms with E-state index in [0.29, 0.717) is 6.54 Å². The molecule has 0 aliphatic carbocycles. The minimum absolute atomic E-state index is 0.615. The van der Waals surface area contributed by atoms with Crippen molar-refractivity contribution in [2.75, 3.05) is 38.1 Å². The first kappa shape index (κ1) is 17.2. The van der Waals surface area contributed by atoms with E-state index in [0.717, 1.165) is 49.6 Å². The molecule has 8 nitrogen and oxygen atoms in total. The summed E-state index contributed by atoms with van der Waals surface area (Å²) in [4.78, 5) is 13.5. The Balaban J connectivity index is 1.56. The van der Waals surface area contributed by atoms with Crippen molar-refractivity contribution in [2.24, 2.45) is 12.0 Å². The molecule has 3 rings (SSSR count). The SMILES string of the molecule is CN=C(NCc1nnc(C)n1C)N1CCN(c2cc(C)ccn2)CC1. The van der Waals surface area contributed by atoms with E-state index in [4.69, 9.17) is 0 Å². The Hall–Kier alpha value is -2.64. The summed E-state index contributed by atoms with van der Waals surface area (Å²) in [7, 11) is 3.79. The van der Waals surface area contributed by atoms with E-state index in [-0.39, 0.29) is 0 Å². The van der Waals surface area contributed by atoms with Gasteiger partial charge in [-0.25, -0.2) is 4.98 Å². The zero-order valence-electron chi connectivity index (χ0n) is 15.4. The average Bonchev–Trinajstić information content (AvgIpc) is 2.95. The molecule has 0 amide bonds. The number of rotatable bonds is 3. The first-order valence-corrected chi connectivity index (χ1v) is 8.56. The lowest BCUT2D eigenvalue weighted by molar-refractivity contribution is 0.370. The number of guanidine groups is 1. The number of hydrogen-bond acceptors (Lipinski definition) is 5. The minimum Gasteiger partial charge on any atom is -0.353 e. The maximum absolute atomic E-state index is 4.48. The van der Waals surface area contributed by atoms with Crippen LogP contribution in [-0.2, 0) is 13.6 Å². The molecule has 134 valence electrons. The number of nitrogens with zero attached hydrogens (tertiary/aromatic N) is 7. The molecule has 0 atom stereocenters. The maximum atomic E-state index is 4.48. The first-order valence-electron chi connectivity index (χ1n) is 8.56. The minimum atomic E-state index is 0.615. The lowest BCUT2D eigenvalue weighted by Crippen LogP contribution is -2.52. The van der Waals surface area contributed by atoms with E-state index in [1.54, 1.807) is 0 Å². The van der Waals surface area contributed by atoms with Crippen molar-refractivity contribution in [1.82, 2.24) is 30.0 Å². The summed E-state index contributed by atoms with van der Waals surface area (Å²) in [5, 5.41) is 11.7. The van der Waals surface area contributed by atoms with Crippen LogP contribution >= 0.6 is 0 Å². The van der Waals surface area contributed by atoms with Crippen molar-refractivity contribution in [3.05, 3.63) is 35.5 Å². The van der Waals surface area contributed by atoms with Crippen molar-refractivity contribution >= 4 is 11.8 Å². The van der Waals surface area contributed by atoms with Gasteiger partial charge in [0, 0.05) is 46.5 Å². The number of piperazine rings is 1. The van der Waals surface area contributed by atoms with Gasteiger partial charge in [0.05, 0.1) is 6.54 Å². The Kier molecular flexibility index (Phi) is 5.16. The van der Waals surface area contributed by atoms with Gasteiger partial charge in [-0.2, -0.15) is 0 Å². The van der Waals surface area contributed by atoms with Gasteiger partial charge in [0.25, 0.3) is 0 Å². The second-order valence-electron chi connectivity index (χ2n) is 6.29. The van der Waals surface area contributed by atoms with Gasteiger partial charge in [-0.1, -0.05) is 0 Å². The number of hydrogen-bond donors (Lipinski definition) is 1. The number of aromatic nitrogens is 4. The molecule has 0 unspecified atom stereocenters. The molecule has 1 aliphatic heterocycles. The van der Waals surface area contributed by atoms with Crippen LogP contribution in [-0.4, -0.2) is 63.8 Å². The van der Waals surface area contributed by atoms with E-state index >= 15 is 0 Å². The summed E-state index contributed by atoms with van der Waals surface area (Å²) >= 11 is 0. The molecule has 8 heteroatoms. The van der Waals surface area contributed by atoms with E-state index in [1.165, 1.54) is 5.56 Å². The summed E-state index contributed by atoms with van der Waals surface area (Å²) in [6.45, 7) is 8.34. The number of anilines is 1. The van der Waals surface area contributed by atoms with Crippen molar-refractivity contribution in [1.29, 1.82) is 0 Å². The van der Waals surface area contributed by atoms with Crippen LogP contribution in [0.4, 0.5) is 5.82 Å². The van der Waals surface area contributed by atoms with E-state index in [9.17, 15) is 0 Å². The van der Waals surface area contributed by atoms with Crippen LogP contribution in [0.15, 0.2) is 23.3 Å². The number of aliphatic imine (C=N–C) groups is 1. The maximum Gasteiger partial charge on any atom is 0.194 e. The quantitative estimate of drug-likeness (QED) is 0.655. The molecule has 25 heavy (non-hydrogen) atoms. The predicted octanol–water partition coefficient (Wildman–Crippen LogP) is 0.725. The highest BCUT2D eigenvalue weighted by Crippen LogP contribution is 2.14. The molecule has 0 saturated carbocycles. The number of aryl methyl sites for hydroxylation is 2. The molecule has 0 spiro atoms. The highest BCUT2D eigenvalue weighted by Gasteiger charge is 2.20. The van der Waals surface area contributed by atoms with Crippen molar-refractivity contribution in [3.63, 3.8) is 0 Å². The van der Waals surface area contributed by atoms with Crippen LogP contribution < -0.4 is 10.2 Å². The second kappa shape index (κ2) is 7.50. The van der Waals surface area contributed by atoms with Crippen LogP contribution in [0.25, 0.3) is 0 Å². The van der Waals surface area contributed by atoms with Gasteiger partial charge in [0.15, 0.2) is 11.8 Å². The molecule has 1 N–H and O–H groups in total. The second-order valence-corrected chi connectivity index (χ2v) is 6.29. The van der Waals surface area contributed by atoms with Crippen molar-refractivity contribution < 1.29 is 0 Å².